The molecule has 0 unspecified atom stereocenters. The summed E-state index contributed by atoms with van der Waals surface area (Å²) in [6, 6.07) is 7.62. The number of rotatable bonds is 2. The number of benzene rings is 1. The standard InChI is InChI=1S/C14H9BrF3N3O/c1-22-9-4-2-8(3-5-9)11-6-12(14(16,17)18)21-13(20-11)10(15)7-19-21/h2-7H,1H3. The quantitative estimate of drug-likeness (QED) is 0.678. The van der Waals surface area contributed by atoms with Crippen molar-refractivity contribution in [1.82, 2.24) is 14.6 Å². The molecule has 0 N–H and O–H groups in total. The summed E-state index contributed by atoms with van der Waals surface area (Å²) in [7, 11) is 1.52. The number of hydrogen-bond donors (Lipinski definition) is 0. The number of alkyl halides is 3. The van der Waals surface area contributed by atoms with Gasteiger partial charge in [-0.1, -0.05) is 0 Å². The Hall–Kier alpha value is -2.09. The molecule has 3 aromatic rings. The molecule has 0 aliphatic carbocycles. The Morgan fingerprint density at radius 3 is 2.45 bits per heavy atom. The molecule has 2 heterocycles. The molecular weight excluding hydrogens is 363 g/mol. The highest BCUT2D eigenvalue weighted by Gasteiger charge is 2.35. The van der Waals surface area contributed by atoms with Crippen LogP contribution in [0, 0.1) is 0 Å². The molecule has 0 spiro atoms. The zero-order valence-electron chi connectivity index (χ0n) is 11.2. The Kier molecular flexibility index (Phi) is 3.56. The summed E-state index contributed by atoms with van der Waals surface area (Å²) in [6.45, 7) is 0. The molecule has 114 valence electrons. The third-order valence-electron chi connectivity index (χ3n) is 3.10. The van der Waals surface area contributed by atoms with E-state index in [1.165, 1.54) is 13.3 Å². The van der Waals surface area contributed by atoms with Crippen LogP contribution in [0.5, 0.6) is 5.75 Å². The molecule has 0 aliphatic rings. The van der Waals surface area contributed by atoms with Crippen molar-refractivity contribution in [2.75, 3.05) is 7.11 Å². The van der Waals surface area contributed by atoms with E-state index in [4.69, 9.17) is 4.74 Å². The zero-order chi connectivity index (χ0) is 15.9. The van der Waals surface area contributed by atoms with E-state index in [1.807, 2.05) is 0 Å². The molecule has 0 saturated heterocycles. The van der Waals surface area contributed by atoms with Gasteiger partial charge in [-0.3, -0.25) is 0 Å². The fraction of sp³-hybridized carbons (Fsp3) is 0.143. The zero-order valence-corrected chi connectivity index (χ0v) is 12.8. The van der Waals surface area contributed by atoms with Gasteiger partial charge in [0.15, 0.2) is 11.3 Å². The van der Waals surface area contributed by atoms with Crippen LogP contribution in [0.3, 0.4) is 0 Å². The minimum atomic E-state index is -4.53. The van der Waals surface area contributed by atoms with E-state index in [0.29, 0.717) is 15.8 Å². The van der Waals surface area contributed by atoms with Crippen molar-refractivity contribution in [1.29, 1.82) is 0 Å². The van der Waals surface area contributed by atoms with E-state index in [9.17, 15) is 13.2 Å². The van der Waals surface area contributed by atoms with Crippen molar-refractivity contribution >= 4 is 21.6 Å². The summed E-state index contributed by atoms with van der Waals surface area (Å²) < 4.78 is 45.9. The Morgan fingerprint density at radius 1 is 1.18 bits per heavy atom. The lowest BCUT2D eigenvalue weighted by Gasteiger charge is -2.11. The summed E-state index contributed by atoms with van der Waals surface area (Å²) in [4.78, 5) is 4.25. The van der Waals surface area contributed by atoms with Gasteiger partial charge in [0, 0.05) is 5.56 Å². The van der Waals surface area contributed by atoms with Crippen LogP contribution < -0.4 is 4.74 Å². The van der Waals surface area contributed by atoms with Crippen LogP contribution in [-0.4, -0.2) is 21.7 Å². The number of halogens is 4. The fourth-order valence-electron chi connectivity index (χ4n) is 2.05. The van der Waals surface area contributed by atoms with Crippen LogP contribution in [-0.2, 0) is 6.18 Å². The molecule has 8 heteroatoms. The predicted molar refractivity (Wildman–Crippen MR) is 77.7 cm³/mol. The third kappa shape index (κ3) is 2.54. The predicted octanol–water partition coefficient (Wildman–Crippen LogP) is 4.19. The van der Waals surface area contributed by atoms with Crippen LogP contribution in [0.4, 0.5) is 13.2 Å². The summed E-state index contributed by atoms with van der Waals surface area (Å²) >= 11 is 3.16. The van der Waals surface area contributed by atoms with Crippen LogP contribution in [0.1, 0.15) is 5.69 Å². The monoisotopic (exact) mass is 371 g/mol. The third-order valence-corrected chi connectivity index (χ3v) is 3.66. The first-order valence-electron chi connectivity index (χ1n) is 6.16. The average Bonchev–Trinajstić information content (AvgIpc) is 2.87. The first-order valence-corrected chi connectivity index (χ1v) is 6.95. The highest BCUT2D eigenvalue weighted by molar-refractivity contribution is 9.10. The van der Waals surface area contributed by atoms with Crippen molar-refractivity contribution in [2.45, 2.75) is 6.18 Å². The van der Waals surface area contributed by atoms with Gasteiger partial charge in [0.05, 0.1) is 23.5 Å². The van der Waals surface area contributed by atoms with Gasteiger partial charge in [-0.05, 0) is 46.3 Å². The minimum absolute atomic E-state index is 0.112. The number of hydrogen-bond acceptors (Lipinski definition) is 3. The number of aromatic nitrogens is 3. The summed E-state index contributed by atoms with van der Waals surface area (Å²) in [5, 5.41) is 3.71. The molecule has 3 rings (SSSR count). The van der Waals surface area contributed by atoms with Gasteiger partial charge >= 0.3 is 6.18 Å². The molecule has 4 nitrogen and oxygen atoms in total. The lowest BCUT2D eigenvalue weighted by atomic mass is 10.1. The molecule has 2 aromatic heterocycles. The Labute approximate surface area is 131 Å². The van der Waals surface area contributed by atoms with Gasteiger partial charge in [0.2, 0.25) is 0 Å². The maximum Gasteiger partial charge on any atom is 0.433 e. The number of ether oxygens (including phenoxy) is 1. The van der Waals surface area contributed by atoms with E-state index in [1.54, 1.807) is 24.3 Å². The minimum Gasteiger partial charge on any atom is -0.497 e. The summed E-state index contributed by atoms with van der Waals surface area (Å²) in [6.07, 6.45) is -3.25. The lowest BCUT2D eigenvalue weighted by Crippen LogP contribution is -2.13. The van der Waals surface area contributed by atoms with Crippen LogP contribution >= 0.6 is 15.9 Å². The van der Waals surface area contributed by atoms with E-state index in [2.05, 4.69) is 26.0 Å². The fourth-order valence-corrected chi connectivity index (χ4v) is 2.40. The molecule has 0 bridgehead atoms. The Morgan fingerprint density at radius 2 is 1.86 bits per heavy atom. The van der Waals surface area contributed by atoms with Crippen molar-refractivity contribution < 1.29 is 17.9 Å². The van der Waals surface area contributed by atoms with Gasteiger partial charge in [0.25, 0.3) is 0 Å². The van der Waals surface area contributed by atoms with Crippen LogP contribution in [0.15, 0.2) is 41.0 Å². The molecule has 0 amide bonds. The van der Waals surface area contributed by atoms with Gasteiger partial charge in [-0.25, -0.2) is 9.50 Å². The SMILES string of the molecule is COc1ccc(-c2cc(C(F)(F)F)n3ncc(Br)c3n2)cc1. The highest BCUT2D eigenvalue weighted by atomic mass is 79.9. The van der Waals surface area contributed by atoms with Crippen molar-refractivity contribution in [3.63, 3.8) is 0 Å². The number of methoxy groups -OCH3 is 1. The summed E-state index contributed by atoms with van der Waals surface area (Å²) in [5.41, 5.74) is 0.000221. The molecule has 0 aliphatic heterocycles. The largest absolute Gasteiger partial charge is 0.497 e. The first-order chi connectivity index (χ1) is 10.4. The molecule has 1 aromatic carbocycles. The van der Waals surface area contributed by atoms with E-state index < -0.39 is 11.9 Å². The van der Waals surface area contributed by atoms with E-state index in [-0.39, 0.29) is 11.3 Å². The van der Waals surface area contributed by atoms with Gasteiger partial charge in [-0.15, -0.1) is 0 Å². The Bertz CT molecular complexity index is 828. The van der Waals surface area contributed by atoms with Gasteiger partial charge in [0.1, 0.15) is 5.75 Å². The van der Waals surface area contributed by atoms with Crippen molar-refractivity contribution in [3.05, 3.63) is 46.7 Å². The molecule has 0 saturated carbocycles. The van der Waals surface area contributed by atoms with E-state index >= 15 is 0 Å². The first kappa shape index (κ1) is 14.8. The van der Waals surface area contributed by atoms with Crippen molar-refractivity contribution in [3.8, 4) is 17.0 Å². The maximum absolute atomic E-state index is 13.2. The number of nitrogens with zero attached hydrogens (tertiary/aromatic N) is 3. The van der Waals surface area contributed by atoms with Crippen LogP contribution in [0.2, 0.25) is 0 Å². The molecular formula is C14H9BrF3N3O. The Balaban J connectivity index is 2.23. The van der Waals surface area contributed by atoms with Gasteiger partial charge < -0.3 is 4.74 Å². The maximum atomic E-state index is 13.2. The molecule has 0 radical (unpaired) electrons. The summed E-state index contributed by atoms with van der Waals surface area (Å²) in [5.74, 6) is 0.617. The van der Waals surface area contributed by atoms with Crippen molar-refractivity contribution in [2.24, 2.45) is 0 Å². The van der Waals surface area contributed by atoms with Gasteiger partial charge in [-0.2, -0.15) is 18.3 Å². The van der Waals surface area contributed by atoms with E-state index in [0.717, 1.165) is 10.6 Å². The lowest BCUT2D eigenvalue weighted by molar-refractivity contribution is -0.142. The molecule has 0 atom stereocenters. The second kappa shape index (κ2) is 5.28. The highest BCUT2D eigenvalue weighted by Crippen LogP contribution is 2.33. The normalized spacial score (nSPS) is 11.9. The van der Waals surface area contributed by atoms with Crippen LogP contribution in [0.25, 0.3) is 16.9 Å². The second-order valence-corrected chi connectivity index (χ2v) is 5.34. The topological polar surface area (TPSA) is 39.4 Å². The number of fused-ring (bicyclic) bond motifs is 1. The molecule has 22 heavy (non-hydrogen) atoms. The smallest absolute Gasteiger partial charge is 0.433 e. The average molecular weight is 372 g/mol. The molecule has 0 fully saturated rings. The second-order valence-electron chi connectivity index (χ2n) is 4.48.